The molecule has 23 heavy (non-hydrogen) atoms. The maximum absolute atomic E-state index is 11.8. The Kier molecular flexibility index (Phi) is 6.56. The van der Waals surface area contributed by atoms with Gasteiger partial charge in [-0.2, -0.15) is 0 Å². The molecule has 0 spiro atoms. The minimum absolute atomic E-state index is 0.0235. The Morgan fingerprint density at radius 1 is 1.35 bits per heavy atom. The molecule has 2 aromatic rings. The summed E-state index contributed by atoms with van der Waals surface area (Å²) in [6, 6.07) is 7.41. The molecule has 0 saturated carbocycles. The molecule has 124 valence electrons. The second-order valence-corrected chi connectivity index (χ2v) is 5.06. The molecule has 1 N–H and O–H groups in total. The molecule has 1 aromatic heterocycles. The summed E-state index contributed by atoms with van der Waals surface area (Å²) in [5, 5.41) is 10.6. The highest BCUT2D eigenvalue weighted by molar-refractivity contribution is 5.90. The molecular weight excluding hydrogens is 296 g/mol. The highest BCUT2D eigenvalue weighted by Gasteiger charge is 2.07. The van der Waals surface area contributed by atoms with Crippen LogP contribution < -0.4 is 10.1 Å². The molecule has 0 bridgehead atoms. The topological polar surface area (TPSA) is 78.3 Å². The van der Waals surface area contributed by atoms with E-state index in [0.29, 0.717) is 12.4 Å². The number of amides is 1. The summed E-state index contributed by atoms with van der Waals surface area (Å²) >= 11 is 0. The monoisotopic (exact) mass is 318 g/mol. The van der Waals surface area contributed by atoms with Crippen molar-refractivity contribution in [1.29, 1.82) is 0 Å². The van der Waals surface area contributed by atoms with Gasteiger partial charge in [-0.1, -0.05) is 31.0 Å². The molecule has 0 unspecified atom stereocenters. The van der Waals surface area contributed by atoms with Gasteiger partial charge in [0.15, 0.2) is 5.82 Å². The highest BCUT2D eigenvalue weighted by Crippen LogP contribution is 2.16. The van der Waals surface area contributed by atoms with Crippen LogP contribution in [0.3, 0.4) is 0 Å². The minimum atomic E-state index is -0.237. The van der Waals surface area contributed by atoms with Crippen LogP contribution in [0, 0.1) is 0 Å². The number of unbranched alkanes of at least 4 members (excludes halogenated alkanes) is 2. The summed E-state index contributed by atoms with van der Waals surface area (Å²) in [5.41, 5.74) is 0.799. The van der Waals surface area contributed by atoms with Crippen LogP contribution >= 0.6 is 0 Å². The molecule has 7 nitrogen and oxygen atoms in total. The first-order valence-electron chi connectivity index (χ1n) is 7.67. The van der Waals surface area contributed by atoms with Gasteiger partial charge in [-0.05, 0) is 18.6 Å². The van der Waals surface area contributed by atoms with Gasteiger partial charge in [-0.25, -0.2) is 4.68 Å². The normalized spacial score (nSPS) is 10.5. The zero-order valence-corrected chi connectivity index (χ0v) is 13.5. The largest absolute Gasteiger partial charge is 0.497 e. The lowest BCUT2D eigenvalue weighted by Gasteiger charge is -2.04. The Labute approximate surface area is 135 Å². The zero-order chi connectivity index (χ0) is 16.5. The number of nitrogens with one attached hydrogen (secondary N) is 1. The van der Waals surface area contributed by atoms with E-state index in [1.165, 1.54) is 0 Å². The van der Waals surface area contributed by atoms with E-state index in [0.717, 1.165) is 30.7 Å². The third kappa shape index (κ3) is 5.37. The Bertz CT molecular complexity index is 627. The molecule has 0 fully saturated rings. The number of aromatic nitrogens is 3. The Hall–Kier alpha value is -2.41. The van der Waals surface area contributed by atoms with E-state index in [4.69, 9.17) is 9.47 Å². The Morgan fingerprint density at radius 3 is 3.00 bits per heavy atom. The quantitative estimate of drug-likeness (QED) is 0.718. The van der Waals surface area contributed by atoms with E-state index in [1.54, 1.807) is 18.0 Å². The van der Waals surface area contributed by atoms with Gasteiger partial charge in [0, 0.05) is 12.7 Å². The van der Waals surface area contributed by atoms with Crippen LogP contribution in [-0.2, 0) is 9.53 Å². The van der Waals surface area contributed by atoms with E-state index >= 15 is 0 Å². The predicted molar refractivity (Wildman–Crippen MR) is 86.9 cm³/mol. The van der Waals surface area contributed by atoms with Crippen molar-refractivity contribution >= 4 is 11.7 Å². The fourth-order valence-electron chi connectivity index (χ4n) is 2.00. The van der Waals surface area contributed by atoms with Crippen molar-refractivity contribution in [2.75, 3.05) is 25.6 Å². The number of benzene rings is 1. The van der Waals surface area contributed by atoms with Crippen molar-refractivity contribution in [3.05, 3.63) is 30.5 Å². The van der Waals surface area contributed by atoms with Crippen LogP contribution in [0.15, 0.2) is 30.5 Å². The van der Waals surface area contributed by atoms with Gasteiger partial charge < -0.3 is 14.8 Å². The lowest BCUT2D eigenvalue weighted by Crippen LogP contribution is -2.18. The van der Waals surface area contributed by atoms with Crippen LogP contribution in [0.1, 0.15) is 26.2 Å². The molecule has 0 aliphatic rings. The fourth-order valence-corrected chi connectivity index (χ4v) is 2.00. The third-order valence-electron chi connectivity index (χ3n) is 3.20. The molecular formula is C16H22N4O3. The number of ether oxygens (including phenoxy) is 2. The number of nitrogens with zero attached hydrogens (tertiary/aromatic N) is 3. The second kappa shape index (κ2) is 8.89. The van der Waals surface area contributed by atoms with Crippen LogP contribution in [-0.4, -0.2) is 41.2 Å². The van der Waals surface area contributed by atoms with Gasteiger partial charge in [-0.15, -0.1) is 5.10 Å². The molecule has 1 amide bonds. The lowest BCUT2D eigenvalue weighted by atomic mass is 10.3. The molecule has 2 rings (SSSR count). The number of hydrogen-bond acceptors (Lipinski definition) is 5. The van der Waals surface area contributed by atoms with E-state index < -0.39 is 0 Å². The summed E-state index contributed by atoms with van der Waals surface area (Å²) in [6.07, 6.45) is 4.85. The third-order valence-corrected chi connectivity index (χ3v) is 3.20. The summed E-state index contributed by atoms with van der Waals surface area (Å²) < 4.78 is 12.0. The summed E-state index contributed by atoms with van der Waals surface area (Å²) in [6.45, 7) is 2.74. The summed E-state index contributed by atoms with van der Waals surface area (Å²) in [5.74, 6) is 0.873. The molecule has 0 atom stereocenters. The molecule has 0 aliphatic carbocycles. The maximum Gasteiger partial charge on any atom is 0.251 e. The van der Waals surface area contributed by atoms with Crippen molar-refractivity contribution in [1.82, 2.24) is 15.0 Å². The van der Waals surface area contributed by atoms with Gasteiger partial charge in [0.25, 0.3) is 5.91 Å². The molecule has 0 aliphatic heterocycles. The number of rotatable bonds is 9. The van der Waals surface area contributed by atoms with E-state index in [2.05, 4.69) is 22.6 Å². The highest BCUT2D eigenvalue weighted by atomic mass is 16.5. The van der Waals surface area contributed by atoms with Crippen LogP contribution in [0.2, 0.25) is 0 Å². The molecule has 1 aromatic carbocycles. The SMILES string of the molecule is CCCCCOCC(=O)Nc1cn(-c2cccc(OC)c2)nn1. The predicted octanol–water partition coefficient (Wildman–Crippen LogP) is 2.42. The smallest absolute Gasteiger partial charge is 0.251 e. The average Bonchev–Trinajstić information content (AvgIpc) is 3.03. The molecule has 0 saturated heterocycles. The first-order valence-corrected chi connectivity index (χ1v) is 7.67. The lowest BCUT2D eigenvalue weighted by molar-refractivity contribution is -0.120. The Balaban J connectivity index is 1.85. The van der Waals surface area contributed by atoms with Crippen molar-refractivity contribution in [3.63, 3.8) is 0 Å². The Morgan fingerprint density at radius 2 is 2.22 bits per heavy atom. The molecule has 1 heterocycles. The van der Waals surface area contributed by atoms with E-state index in [-0.39, 0.29) is 12.5 Å². The summed E-state index contributed by atoms with van der Waals surface area (Å²) in [4.78, 5) is 11.8. The van der Waals surface area contributed by atoms with Gasteiger partial charge in [0.2, 0.25) is 0 Å². The standard InChI is InChI=1S/C16H22N4O3/c1-3-4-5-9-23-12-16(21)17-15-11-20(19-18-15)13-7-6-8-14(10-13)22-2/h6-8,10-11H,3-5,9,12H2,1-2H3,(H,17,21). The number of methoxy groups -OCH3 is 1. The zero-order valence-electron chi connectivity index (χ0n) is 13.5. The van der Waals surface area contributed by atoms with Crippen molar-refractivity contribution in [2.24, 2.45) is 0 Å². The number of anilines is 1. The maximum atomic E-state index is 11.8. The number of hydrogen-bond donors (Lipinski definition) is 1. The van der Waals surface area contributed by atoms with Crippen molar-refractivity contribution in [3.8, 4) is 11.4 Å². The van der Waals surface area contributed by atoms with Crippen LogP contribution in [0.5, 0.6) is 5.75 Å². The van der Waals surface area contributed by atoms with Crippen LogP contribution in [0.25, 0.3) is 5.69 Å². The molecule has 7 heteroatoms. The fraction of sp³-hybridized carbons (Fsp3) is 0.438. The minimum Gasteiger partial charge on any atom is -0.497 e. The first-order chi connectivity index (χ1) is 11.2. The number of carbonyl (C=O) groups excluding carboxylic acids is 1. The van der Waals surface area contributed by atoms with Crippen molar-refractivity contribution in [2.45, 2.75) is 26.2 Å². The number of carbonyl (C=O) groups is 1. The van der Waals surface area contributed by atoms with Gasteiger partial charge >= 0.3 is 0 Å². The van der Waals surface area contributed by atoms with Crippen molar-refractivity contribution < 1.29 is 14.3 Å². The summed E-state index contributed by atoms with van der Waals surface area (Å²) in [7, 11) is 1.60. The van der Waals surface area contributed by atoms with Gasteiger partial charge in [0.05, 0.1) is 19.0 Å². The average molecular weight is 318 g/mol. The van der Waals surface area contributed by atoms with Crippen LogP contribution in [0.4, 0.5) is 5.82 Å². The molecule has 0 radical (unpaired) electrons. The van der Waals surface area contributed by atoms with E-state index in [1.807, 2.05) is 24.3 Å². The second-order valence-electron chi connectivity index (χ2n) is 5.06. The van der Waals surface area contributed by atoms with E-state index in [9.17, 15) is 4.79 Å². The van der Waals surface area contributed by atoms with Gasteiger partial charge in [-0.3, -0.25) is 4.79 Å². The first kappa shape index (κ1) is 17.0. The van der Waals surface area contributed by atoms with Gasteiger partial charge in [0.1, 0.15) is 12.4 Å².